The highest BCUT2D eigenvalue weighted by Gasteiger charge is 2.63. The van der Waals surface area contributed by atoms with E-state index < -0.39 is 0 Å². The molecule has 2 atom stereocenters. The SMILES string of the molecule is CN1CC(C)(C2CCCCCCCC(C)(C)C2)CC(C)(C)C(C)(C)C12COC2. The molecule has 3 aliphatic rings. The van der Waals surface area contributed by atoms with E-state index in [1.807, 2.05) is 0 Å². The fraction of sp³-hybridized carbons (Fsp3) is 1.00. The van der Waals surface area contributed by atoms with Crippen LogP contribution in [0.25, 0.3) is 0 Å². The molecule has 0 aromatic carbocycles. The number of likely N-dealkylation sites (tertiary alicyclic amines) is 1. The van der Waals surface area contributed by atoms with Gasteiger partial charge >= 0.3 is 0 Å². The van der Waals surface area contributed by atoms with Crippen LogP contribution in [0.1, 0.15) is 106 Å². The van der Waals surface area contributed by atoms with E-state index in [-0.39, 0.29) is 11.0 Å². The molecule has 2 nitrogen and oxygen atoms in total. The molecule has 1 spiro atoms. The van der Waals surface area contributed by atoms with Gasteiger partial charge in [-0.2, -0.15) is 0 Å². The Morgan fingerprint density at radius 2 is 1.43 bits per heavy atom. The molecular formula is C26H49NO. The van der Waals surface area contributed by atoms with Crippen molar-refractivity contribution in [2.75, 3.05) is 26.8 Å². The molecule has 0 radical (unpaired) electrons. The molecular weight excluding hydrogens is 342 g/mol. The van der Waals surface area contributed by atoms with E-state index in [0.717, 1.165) is 19.1 Å². The zero-order valence-electron chi connectivity index (χ0n) is 20.4. The molecule has 3 fully saturated rings. The van der Waals surface area contributed by atoms with Gasteiger partial charge in [0.1, 0.15) is 0 Å². The molecule has 0 aromatic rings. The van der Waals surface area contributed by atoms with Crippen LogP contribution in [0.5, 0.6) is 0 Å². The number of likely N-dealkylation sites (N-methyl/N-ethyl adjacent to an activating group) is 1. The van der Waals surface area contributed by atoms with Crippen LogP contribution < -0.4 is 0 Å². The predicted molar refractivity (Wildman–Crippen MR) is 121 cm³/mol. The number of ether oxygens (including phenoxy) is 1. The summed E-state index contributed by atoms with van der Waals surface area (Å²) in [4.78, 5) is 2.73. The van der Waals surface area contributed by atoms with Crippen molar-refractivity contribution in [2.45, 2.75) is 112 Å². The van der Waals surface area contributed by atoms with Gasteiger partial charge in [-0.3, -0.25) is 4.90 Å². The molecule has 0 amide bonds. The molecule has 2 aliphatic heterocycles. The molecule has 2 saturated heterocycles. The normalized spacial score (nSPS) is 38.4. The lowest BCUT2D eigenvalue weighted by Gasteiger charge is -2.61. The molecule has 3 rings (SSSR count). The van der Waals surface area contributed by atoms with Crippen LogP contribution in [-0.2, 0) is 4.74 Å². The van der Waals surface area contributed by atoms with Crippen LogP contribution in [0.15, 0.2) is 0 Å². The highest BCUT2D eigenvalue weighted by molar-refractivity contribution is 5.15. The maximum Gasteiger partial charge on any atom is 0.0732 e. The van der Waals surface area contributed by atoms with Crippen LogP contribution in [0.3, 0.4) is 0 Å². The van der Waals surface area contributed by atoms with Crippen molar-refractivity contribution in [3.63, 3.8) is 0 Å². The molecule has 0 N–H and O–H groups in total. The lowest BCUT2D eigenvalue weighted by molar-refractivity contribution is -0.208. The Morgan fingerprint density at radius 1 is 0.821 bits per heavy atom. The average Bonchev–Trinajstić information content (AvgIpc) is 2.54. The number of nitrogens with zero attached hydrogens (tertiary/aromatic N) is 1. The van der Waals surface area contributed by atoms with Gasteiger partial charge in [0.15, 0.2) is 0 Å². The molecule has 1 saturated carbocycles. The Balaban J connectivity index is 1.94. The lowest BCUT2D eigenvalue weighted by Crippen LogP contribution is -2.70. The van der Waals surface area contributed by atoms with Gasteiger partial charge in [-0.25, -0.2) is 0 Å². The highest BCUT2D eigenvalue weighted by atomic mass is 16.5. The minimum atomic E-state index is 0.208. The monoisotopic (exact) mass is 391 g/mol. The van der Waals surface area contributed by atoms with Crippen molar-refractivity contribution in [1.29, 1.82) is 0 Å². The largest absolute Gasteiger partial charge is 0.377 e. The molecule has 2 unspecified atom stereocenters. The molecule has 1 aliphatic carbocycles. The second kappa shape index (κ2) is 7.56. The summed E-state index contributed by atoms with van der Waals surface area (Å²) in [7, 11) is 2.40. The van der Waals surface area contributed by atoms with Gasteiger partial charge in [-0.05, 0) is 60.3 Å². The first-order valence-electron chi connectivity index (χ1n) is 12.1. The maximum absolute atomic E-state index is 5.84. The van der Waals surface area contributed by atoms with E-state index in [4.69, 9.17) is 4.74 Å². The minimum Gasteiger partial charge on any atom is -0.377 e. The molecule has 0 bridgehead atoms. The van der Waals surface area contributed by atoms with Gasteiger partial charge in [0.2, 0.25) is 0 Å². The predicted octanol–water partition coefficient (Wildman–Crippen LogP) is 6.93. The third-order valence-corrected chi connectivity index (χ3v) is 9.90. The number of hydrogen-bond donors (Lipinski definition) is 0. The van der Waals surface area contributed by atoms with Crippen LogP contribution in [0.2, 0.25) is 0 Å². The summed E-state index contributed by atoms with van der Waals surface area (Å²) < 4.78 is 5.84. The zero-order valence-corrected chi connectivity index (χ0v) is 20.4. The second-order valence-corrected chi connectivity index (χ2v) is 13.1. The maximum atomic E-state index is 5.84. The Morgan fingerprint density at radius 3 is 2.04 bits per heavy atom. The molecule has 2 heterocycles. The molecule has 28 heavy (non-hydrogen) atoms. The standard InChI is InChI=1S/C26H49NO/c1-22(2)15-13-11-9-10-12-14-21(16-22)25(7)17-23(3,4)24(5,6)26(19-28-20-26)27(8)18-25/h21H,9-20H2,1-8H3. The van der Waals surface area contributed by atoms with Gasteiger partial charge in [-0.1, -0.05) is 80.6 Å². The molecule has 0 aromatic heterocycles. The Bertz CT molecular complexity index is 545. The Labute approximate surface area is 176 Å². The fourth-order valence-corrected chi connectivity index (χ4v) is 7.23. The van der Waals surface area contributed by atoms with E-state index in [9.17, 15) is 0 Å². The summed E-state index contributed by atoms with van der Waals surface area (Å²) in [6.07, 6.45) is 12.7. The Kier molecular flexibility index (Phi) is 6.10. The van der Waals surface area contributed by atoms with Crippen LogP contribution in [0, 0.1) is 27.6 Å². The van der Waals surface area contributed by atoms with Gasteiger partial charge in [0, 0.05) is 6.54 Å². The summed E-state index contributed by atoms with van der Waals surface area (Å²) in [6.45, 7) is 20.9. The summed E-state index contributed by atoms with van der Waals surface area (Å²) in [5.74, 6) is 0.828. The highest BCUT2D eigenvalue weighted by Crippen LogP contribution is 2.61. The third kappa shape index (κ3) is 3.82. The minimum absolute atomic E-state index is 0.208. The van der Waals surface area contributed by atoms with E-state index in [2.05, 4.69) is 60.4 Å². The first-order valence-corrected chi connectivity index (χ1v) is 12.1. The average molecular weight is 392 g/mol. The van der Waals surface area contributed by atoms with Crippen molar-refractivity contribution in [3.05, 3.63) is 0 Å². The van der Waals surface area contributed by atoms with Gasteiger partial charge in [-0.15, -0.1) is 0 Å². The van der Waals surface area contributed by atoms with Gasteiger partial charge < -0.3 is 4.74 Å². The van der Waals surface area contributed by atoms with Gasteiger partial charge in [0.25, 0.3) is 0 Å². The van der Waals surface area contributed by atoms with Crippen molar-refractivity contribution in [3.8, 4) is 0 Å². The second-order valence-electron chi connectivity index (χ2n) is 13.1. The quantitative estimate of drug-likeness (QED) is 0.480. The lowest BCUT2D eigenvalue weighted by atomic mass is 9.52. The first-order chi connectivity index (χ1) is 12.9. The van der Waals surface area contributed by atoms with Crippen molar-refractivity contribution < 1.29 is 4.74 Å². The van der Waals surface area contributed by atoms with E-state index in [1.54, 1.807) is 0 Å². The van der Waals surface area contributed by atoms with Crippen molar-refractivity contribution in [2.24, 2.45) is 27.6 Å². The summed E-state index contributed by atoms with van der Waals surface area (Å²) in [5.41, 5.74) is 1.61. The third-order valence-electron chi connectivity index (χ3n) is 9.90. The van der Waals surface area contributed by atoms with Crippen LogP contribution in [-0.4, -0.2) is 37.2 Å². The van der Waals surface area contributed by atoms with E-state index >= 15 is 0 Å². The van der Waals surface area contributed by atoms with Crippen molar-refractivity contribution >= 4 is 0 Å². The van der Waals surface area contributed by atoms with Crippen molar-refractivity contribution in [1.82, 2.24) is 4.90 Å². The molecule has 2 heteroatoms. The topological polar surface area (TPSA) is 12.5 Å². The summed E-state index contributed by atoms with van der Waals surface area (Å²) >= 11 is 0. The van der Waals surface area contributed by atoms with Gasteiger partial charge in [0.05, 0.1) is 18.8 Å². The Hall–Kier alpha value is -0.0800. The zero-order chi connectivity index (χ0) is 20.8. The fourth-order valence-electron chi connectivity index (χ4n) is 7.23. The van der Waals surface area contributed by atoms with Crippen LogP contribution in [0.4, 0.5) is 0 Å². The summed E-state index contributed by atoms with van der Waals surface area (Å²) in [5, 5.41) is 0. The first kappa shape index (κ1) is 22.6. The number of hydrogen-bond acceptors (Lipinski definition) is 2. The molecule has 164 valence electrons. The van der Waals surface area contributed by atoms with E-state index in [1.165, 1.54) is 64.3 Å². The summed E-state index contributed by atoms with van der Waals surface area (Å²) in [6, 6.07) is 0. The smallest absolute Gasteiger partial charge is 0.0732 e. The number of rotatable bonds is 1. The van der Waals surface area contributed by atoms with Crippen LogP contribution >= 0.6 is 0 Å². The van der Waals surface area contributed by atoms with E-state index in [0.29, 0.717) is 16.2 Å².